The molecule has 1 aromatic carbocycles. The SMILES string of the molecule is COc1ccc(OCC(O)CNCCSCCCO)cc1. The van der Waals surface area contributed by atoms with Gasteiger partial charge in [0.15, 0.2) is 0 Å². The maximum atomic E-state index is 9.80. The fourth-order valence-electron chi connectivity index (χ4n) is 1.60. The van der Waals surface area contributed by atoms with Crippen LogP contribution in [0.1, 0.15) is 6.42 Å². The second kappa shape index (κ2) is 11.7. The molecule has 0 radical (unpaired) electrons. The summed E-state index contributed by atoms with van der Waals surface area (Å²) in [5.41, 5.74) is 0. The molecule has 0 aliphatic heterocycles. The number of methoxy groups -OCH3 is 1. The Bertz CT molecular complexity index is 361. The molecule has 0 aliphatic rings. The van der Waals surface area contributed by atoms with Crippen LogP contribution < -0.4 is 14.8 Å². The van der Waals surface area contributed by atoms with Gasteiger partial charge in [-0.1, -0.05) is 0 Å². The third kappa shape index (κ3) is 8.83. The highest BCUT2D eigenvalue weighted by atomic mass is 32.2. The van der Waals surface area contributed by atoms with E-state index in [4.69, 9.17) is 14.6 Å². The van der Waals surface area contributed by atoms with Crippen LogP contribution in [-0.4, -0.2) is 61.2 Å². The molecule has 5 nitrogen and oxygen atoms in total. The molecule has 3 N–H and O–H groups in total. The molecule has 0 aromatic heterocycles. The van der Waals surface area contributed by atoms with E-state index in [-0.39, 0.29) is 13.2 Å². The number of hydrogen-bond acceptors (Lipinski definition) is 6. The van der Waals surface area contributed by atoms with Crippen LogP contribution in [0.2, 0.25) is 0 Å². The number of rotatable bonds is 12. The number of hydrogen-bond donors (Lipinski definition) is 3. The van der Waals surface area contributed by atoms with Crippen molar-refractivity contribution in [3.05, 3.63) is 24.3 Å². The Morgan fingerprint density at radius 3 is 2.57 bits per heavy atom. The molecule has 1 aromatic rings. The third-order valence-corrected chi connectivity index (χ3v) is 3.82. The average Bonchev–Trinajstić information content (AvgIpc) is 2.52. The van der Waals surface area contributed by atoms with Crippen molar-refractivity contribution in [2.45, 2.75) is 12.5 Å². The Hall–Kier alpha value is -0.950. The molecular weight excluding hydrogens is 290 g/mol. The normalized spacial score (nSPS) is 12.1. The molecule has 1 unspecified atom stereocenters. The summed E-state index contributed by atoms with van der Waals surface area (Å²) in [4.78, 5) is 0. The molecule has 21 heavy (non-hydrogen) atoms. The zero-order chi connectivity index (χ0) is 15.3. The number of thioether (sulfide) groups is 1. The van der Waals surface area contributed by atoms with Gasteiger partial charge in [0.05, 0.1) is 7.11 Å². The van der Waals surface area contributed by atoms with Gasteiger partial charge in [-0.15, -0.1) is 0 Å². The number of aliphatic hydroxyl groups excluding tert-OH is 2. The minimum atomic E-state index is -0.533. The monoisotopic (exact) mass is 315 g/mol. The first kappa shape index (κ1) is 18.1. The predicted molar refractivity (Wildman–Crippen MR) is 86.4 cm³/mol. The minimum Gasteiger partial charge on any atom is -0.497 e. The molecule has 0 saturated carbocycles. The van der Waals surface area contributed by atoms with E-state index in [1.807, 2.05) is 24.3 Å². The van der Waals surface area contributed by atoms with Crippen molar-refractivity contribution in [3.8, 4) is 11.5 Å². The summed E-state index contributed by atoms with van der Waals surface area (Å²) < 4.78 is 10.6. The number of nitrogens with one attached hydrogen (secondary N) is 1. The van der Waals surface area contributed by atoms with Crippen LogP contribution in [0.4, 0.5) is 0 Å². The predicted octanol–water partition coefficient (Wildman–Crippen LogP) is 1.14. The smallest absolute Gasteiger partial charge is 0.119 e. The first-order valence-corrected chi connectivity index (χ1v) is 8.26. The molecule has 0 aliphatic carbocycles. The van der Waals surface area contributed by atoms with Crippen LogP contribution in [-0.2, 0) is 0 Å². The minimum absolute atomic E-state index is 0.252. The van der Waals surface area contributed by atoms with Gasteiger partial charge in [0.2, 0.25) is 0 Å². The largest absolute Gasteiger partial charge is 0.497 e. The van der Waals surface area contributed by atoms with Crippen molar-refractivity contribution < 1.29 is 19.7 Å². The maximum absolute atomic E-state index is 9.80. The van der Waals surface area contributed by atoms with Crippen LogP contribution in [0, 0.1) is 0 Å². The first-order chi connectivity index (χ1) is 10.3. The lowest BCUT2D eigenvalue weighted by atomic mass is 10.3. The molecule has 0 amide bonds. The van der Waals surface area contributed by atoms with E-state index in [1.165, 1.54) is 0 Å². The fraction of sp³-hybridized carbons (Fsp3) is 0.600. The van der Waals surface area contributed by atoms with Crippen molar-refractivity contribution in [3.63, 3.8) is 0 Å². The highest BCUT2D eigenvalue weighted by Gasteiger charge is 2.05. The first-order valence-electron chi connectivity index (χ1n) is 7.10. The second-order valence-corrected chi connectivity index (χ2v) is 5.76. The average molecular weight is 315 g/mol. The van der Waals surface area contributed by atoms with Crippen molar-refractivity contribution in [2.75, 3.05) is 44.9 Å². The van der Waals surface area contributed by atoms with E-state index in [1.54, 1.807) is 18.9 Å². The zero-order valence-corrected chi connectivity index (χ0v) is 13.3. The van der Waals surface area contributed by atoms with Crippen LogP contribution in [0.15, 0.2) is 24.3 Å². The summed E-state index contributed by atoms with van der Waals surface area (Å²) >= 11 is 1.80. The second-order valence-electron chi connectivity index (χ2n) is 4.53. The Morgan fingerprint density at radius 2 is 1.90 bits per heavy atom. The van der Waals surface area contributed by atoms with Crippen molar-refractivity contribution in [2.24, 2.45) is 0 Å². The molecule has 0 bridgehead atoms. The summed E-state index contributed by atoms with van der Waals surface area (Å²) in [6.45, 7) is 1.87. The van der Waals surface area contributed by atoms with Crippen LogP contribution >= 0.6 is 11.8 Å². The van der Waals surface area contributed by atoms with Crippen LogP contribution in [0.25, 0.3) is 0 Å². The molecule has 0 fully saturated rings. The van der Waals surface area contributed by atoms with Gasteiger partial charge in [-0.25, -0.2) is 0 Å². The van der Waals surface area contributed by atoms with Gasteiger partial charge in [0.25, 0.3) is 0 Å². The van der Waals surface area contributed by atoms with Crippen molar-refractivity contribution >= 4 is 11.8 Å². The van der Waals surface area contributed by atoms with Crippen molar-refractivity contribution in [1.29, 1.82) is 0 Å². The zero-order valence-electron chi connectivity index (χ0n) is 12.5. The van der Waals surface area contributed by atoms with Gasteiger partial charge in [-0.2, -0.15) is 11.8 Å². The summed E-state index contributed by atoms with van der Waals surface area (Å²) in [5, 5.41) is 21.6. The van der Waals surface area contributed by atoms with Crippen LogP contribution in [0.5, 0.6) is 11.5 Å². The lowest BCUT2D eigenvalue weighted by Crippen LogP contribution is -2.32. The highest BCUT2D eigenvalue weighted by Crippen LogP contribution is 2.16. The van der Waals surface area contributed by atoms with Gasteiger partial charge >= 0.3 is 0 Å². The summed E-state index contributed by atoms with van der Waals surface area (Å²) in [6.07, 6.45) is 0.303. The molecule has 1 rings (SSSR count). The number of benzene rings is 1. The molecule has 1 atom stereocenters. The molecule has 0 spiro atoms. The van der Waals surface area contributed by atoms with Gasteiger partial charge in [-0.3, -0.25) is 0 Å². The van der Waals surface area contributed by atoms with E-state index in [0.717, 1.165) is 36.0 Å². The number of ether oxygens (including phenoxy) is 2. The highest BCUT2D eigenvalue weighted by molar-refractivity contribution is 7.99. The Balaban J connectivity index is 2.03. The molecule has 6 heteroatoms. The topological polar surface area (TPSA) is 71.0 Å². The Kier molecular flexibility index (Phi) is 10.1. The van der Waals surface area contributed by atoms with E-state index in [0.29, 0.717) is 6.54 Å². The third-order valence-electron chi connectivity index (χ3n) is 2.75. The molecule has 0 heterocycles. The number of aliphatic hydroxyl groups is 2. The molecule has 120 valence electrons. The fourth-order valence-corrected chi connectivity index (χ4v) is 2.43. The van der Waals surface area contributed by atoms with Gasteiger partial charge in [0, 0.05) is 25.4 Å². The lowest BCUT2D eigenvalue weighted by Gasteiger charge is -2.13. The van der Waals surface area contributed by atoms with E-state index >= 15 is 0 Å². The lowest BCUT2D eigenvalue weighted by molar-refractivity contribution is 0.107. The van der Waals surface area contributed by atoms with Gasteiger partial charge in [-0.05, 0) is 36.4 Å². The quantitative estimate of drug-likeness (QED) is 0.503. The summed E-state index contributed by atoms with van der Waals surface area (Å²) in [7, 11) is 1.62. The summed E-state index contributed by atoms with van der Waals surface area (Å²) in [6, 6.07) is 7.28. The van der Waals surface area contributed by atoms with Crippen molar-refractivity contribution in [1.82, 2.24) is 5.32 Å². The molecular formula is C15H25NO4S. The maximum Gasteiger partial charge on any atom is 0.119 e. The van der Waals surface area contributed by atoms with E-state index < -0.39 is 6.10 Å². The Morgan fingerprint density at radius 1 is 1.19 bits per heavy atom. The van der Waals surface area contributed by atoms with Gasteiger partial charge < -0.3 is 25.0 Å². The van der Waals surface area contributed by atoms with E-state index in [9.17, 15) is 5.11 Å². The standard InChI is InChI=1S/C15H25NO4S/c1-19-14-3-5-15(6-4-14)20-12-13(18)11-16-7-10-21-9-2-8-17/h3-6,13,16-18H,2,7-12H2,1H3. The van der Waals surface area contributed by atoms with E-state index in [2.05, 4.69) is 5.32 Å². The van der Waals surface area contributed by atoms with Crippen LogP contribution in [0.3, 0.4) is 0 Å². The molecule has 0 saturated heterocycles. The van der Waals surface area contributed by atoms with Gasteiger partial charge in [0.1, 0.15) is 24.2 Å². The summed E-state index contributed by atoms with van der Waals surface area (Å²) in [5.74, 6) is 3.45. The Labute approximate surface area is 130 Å².